The molecule has 1 aliphatic rings. The van der Waals surface area contributed by atoms with Gasteiger partial charge in [0.25, 0.3) is 0 Å². The molecule has 6 heteroatoms. The highest BCUT2D eigenvalue weighted by Gasteiger charge is 2.49. The van der Waals surface area contributed by atoms with E-state index in [1.54, 1.807) is 4.90 Å². The Kier molecular flexibility index (Phi) is 5.70. The summed E-state index contributed by atoms with van der Waals surface area (Å²) in [6, 6.07) is 21.6. The maximum absolute atomic E-state index is 12.8. The number of benzene rings is 2. The van der Waals surface area contributed by atoms with Gasteiger partial charge in [-0.25, -0.2) is 4.79 Å². The Hall–Kier alpha value is -3.67. The number of ether oxygens (including phenoxy) is 1. The zero-order valence-corrected chi connectivity index (χ0v) is 19.1. The zero-order valence-electron chi connectivity index (χ0n) is 19.1. The molecule has 0 N–H and O–H groups in total. The molecule has 6 nitrogen and oxygen atoms in total. The molecule has 0 saturated carbocycles. The van der Waals surface area contributed by atoms with E-state index in [4.69, 9.17) is 4.74 Å². The van der Waals surface area contributed by atoms with Gasteiger partial charge < -0.3 is 4.74 Å². The number of aryl methyl sites for hydroxylation is 1. The largest absolute Gasteiger partial charge is 0.441 e. The number of anilines is 1. The van der Waals surface area contributed by atoms with E-state index in [0.717, 1.165) is 33.8 Å². The van der Waals surface area contributed by atoms with Crippen molar-refractivity contribution in [1.29, 1.82) is 0 Å². The molecule has 1 atom stereocenters. The molecular formula is C26H28N4O2. The van der Waals surface area contributed by atoms with Crippen LogP contribution >= 0.6 is 0 Å². The van der Waals surface area contributed by atoms with Gasteiger partial charge in [-0.05, 0) is 68.3 Å². The monoisotopic (exact) mass is 428 g/mol. The van der Waals surface area contributed by atoms with Crippen LogP contribution in [0.1, 0.15) is 44.9 Å². The van der Waals surface area contributed by atoms with Crippen LogP contribution in [-0.4, -0.2) is 26.3 Å². The topological polar surface area (TPSA) is 59.7 Å². The molecule has 4 aromatic rings. The molecule has 32 heavy (non-hydrogen) atoms. The lowest BCUT2D eigenvalue weighted by Crippen LogP contribution is -2.33. The average molecular weight is 429 g/mol. The highest BCUT2D eigenvalue weighted by atomic mass is 16.6. The second-order valence-corrected chi connectivity index (χ2v) is 8.16. The van der Waals surface area contributed by atoms with Gasteiger partial charge in [-0.2, -0.15) is 0 Å². The highest BCUT2D eigenvalue weighted by molar-refractivity contribution is 5.92. The molecule has 1 saturated heterocycles. The number of cyclic esters (lactones) is 1. The Morgan fingerprint density at radius 1 is 0.938 bits per heavy atom. The molecule has 1 aliphatic heterocycles. The van der Waals surface area contributed by atoms with Crippen LogP contribution in [0.15, 0.2) is 72.9 Å². The second kappa shape index (κ2) is 8.46. The molecule has 2 aromatic heterocycles. The first-order valence-corrected chi connectivity index (χ1v) is 10.9. The maximum atomic E-state index is 12.8. The molecule has 164 valence electrons. The van der Waals surface area contributed by atoms with Crippen molar-refractivity contribution in [3.05, 3.63) is 84.1 Å². The summed E-state index contributed by atoms with van der Waals surface area (Å²) in [4.78, 5) is 14.5. The number of hydrogen-bond donors (Lipinski definition) is 0. The Morgan fingerprint density at radius 3 is 2.31 bits per heavy atom. The number of rotatable bonds is 3. The second-order valence-electron chi connectivity index (χ2n) is 8.16. The number of pyridine rings is 1. The molecule has 0 radical (unpaired) electrons. The molecule has 0 spiro atoms. The fourth-order valence-corrected chi connectivity index (χ4v) is 4.15. The molecular weight excluding hydrogens is 400 g/mol. The summed E-state index contributed by atoms with van der Waals surface area (Å²) in [5, 5.41) is 8.61. The third-order valence-electron chi connectivity index (χ3n) is 5.55. The standard InChI is InChI=1S/C24H22N4O2.C2H6/c1-16-13-14-27-20(15-16)25-26-22(27)18-9-11-19(12-10-18)28-21(17-7-5-4-6-8-17)24(2,3)30-23(28)29;1-2/h4-15,21H,1-3H3;1-2H3. The quantitative estimate of drug-likeness (QED) is 0.389. The van der Waals surface area contributed by atoms with Crippen LogP contribution in [0.2, 0.25) is 0 Å². The normalized spacial score (nSPS) is 17.1. The van der Waals surface area contributed by atoms with Crippen molar-refractivity contribution in [2.45, 2.75) is 46.3 Å². The van der Waals surface area contributed by atoms with E-state index in [2.05, 4.69) is 10.2 Å². The maximum Gasteiger partial charge on any atom is 0.415 e. The third-order valence-corrected chi connectivity index (χ3v) is 5.55. The zero-order chi connectivity index (χ0) is 22.9. The van der Waals surface area contributed by atoms with Crippen LogP contribution < -0.4 is 4.90 Å². The Balaban J connectivity index is 0.00000119. The molecule has 0 bridgehead atoms. The average Bonchev–Trinajstić information content (AvgIpc) is 3.32. The number of nitrogens with zero attached hydrogens (tertiary/aromatic N) is 4. The third kappa shape index (κ3) is 3.73. The minimum absolute atomic E-state index is 0.214. The fraction of sp³-hybridized carbons (Fsp3) is 0.269. The van der Waals surface area contributed by atoms with Gasteiger partial charge >= 0.3 is 6.09 Å². The summed E-state index contributed by atoms with van der Waals surface area (Å²) in [5.74, 6) is 0.764. The number of carbonyl (C=O) groups is 1. The van der Waals surface area contributed by atoms with E-state index in [0.29, 0.717) is 0 Å². The molecule has 5 rings (SSSR count). The summed E-state index contributed by atoms with van der Waals surface area (Å²) >= 11 is 0. The summed E-state index contributed by atoms with van der Waals surface area (Å²) in [6.45, 7) is 9.92. The number of amides is 1. The molecule has 3 heterocycles. The minimum atomic E-state index is -0.641. The van der Waals surface area contributed by atoms with Crippen molar-refractivity contribution in [3.63, 3.8) is 0 Å². The summed E-state index contributed by atoms with van der Waals surface area (Å²) < 4.78 is 7.67. The van der Waals surface area contributed by atoms with Gasteiger partial charge in [0.1, 0.15) is 11.6 Å². The number of hydrogen-bond acceptors (Lipinski definition) is 4. The summed E-state index contributed by atoms with van der Waals surface area (Å²) in [5.41, 5.74) is 4.06. The smallest absolute Gasteiger partial charge is 0.415 e. The van der Waals surface area contributed by atoms with Gasteiger partial charge in [0.05, 0.1) is 0 Å². The van der Waals surface area contributed by atoms with Crippen LogP contribution in [0.5, 0.6) is 0 Å². The minimum Gasteiger partial charge on any atom is -0.441 e. The van der Waals surface area contributed by atoms with E-state index in [1.807, 2.05) is 112 Å². The lowest BCUT2D eigenvalue weighted by molar-refractivity contribution is 0.0685. The predicted molar refractivity (Wildman–Crippen MR) is 127 cm³/mol. The molecule has 2 aromatic carbocycles. The highest BCUT2D eigenvalue weighted by Crippen LogP contribution is 2.43. The first-order chi connectivity index (χ1) is 15.4. The van der Waals surface area contributed by atoms with Crippen LogP contribution in [0.4, 0.5) is 10.5 Å². The number of fused-ring (bicyclic) bond motifs is 1. The van der Waals surface area contributed by atoms with Gasteiger partial charge in [0.2, 0.25) is 0 Å². The van der Waals surface area contributed by atoms with E-state index in [1.165, 1.54) is 0 Å². The van der Waals surface area contributed by atoms with Crippen LogP contribution in [0.25, 0.3) is 17.0 Å². The van der Waals surface area contributed by atoms with Gasteiger partial charge in [-0.3, -0.25) is 9.30 Å². The Bertz CT molecular complexity index is 1230. The fourth-order valence-electron chi connectivity index (χ4n) is 4.15. The number of carbonyl (C=O) groups excluding carboxylic acids is 1. The van der Waals surface area contributed by atoms with Gasteiger partial charge in [-0.15, -0.1) is 10.2 Å². The Morgan fingerprint density at radius 2 is 1.62 bits per heavy atom. The SMILES string of the molecule is CC.Cc1ccn2c(-c3ccc(N4C(=O)OC(C)(C)C4c4ccccc4)cc3)nnc2c1. The Labute approximate surface area is 188 Å². The number of aromatic nitrogens is 3. The summed E-state index contributed by atoms with van der Waals surface area (Å²) in [6.07, 6.45) is 1.63. The van der Waals surface area contributed by atoms with Crippen molar-refractivity contribution < 1.29 is 9.53 Å². The van der Waals surface area contributed by atoms with Gasteiger partial charge in [0, 0.05) is 17.4 Å². The predicted octanol–water partition coefficient (Wildman–Crippen LogP) is 6.21. The van der Waals surface area contributed by atoms with E-state index in [9.17, 15) is 4.79 Å². The summed E-state index contributed by atoms with van der Waals surface area (Å²) in [7, 11) is 0. The van der Waals surface area contributed by atoms with E-state index < -0.39 is 5.60 Å². The van der Waals surface area contributed by atoms with Crippen LogP contribution in [0.3, 0.4) is 0 Å². The van der Waals surface area contributed by atoms with Crippen molar-refractivity contribution in [2.75, 3.05) is 4.90 Å². The first-order valence-electron chi connectivity index (χ1n) is 10.9. The molecule has 1 amide bonds. The van der Waals surface area contributed by atoms with Crippen molar-refractivity contribution >= 4 is 17.4 Å². The van der Waals surface area contributed by atoms with Crippen molar-refractivity contribution in [3.8, 4) is 11.4 Å². The van der Waals surface area contributed by atoms with Crippen LogP contribution in [0, 0.1) is 6.92 Å². The van der Waals surface area contributed by atoms with Crippen molar-refractivity contribution in [2.24, 2.45) is 0 Å². The molecule has 1 unspecified atom stereocenters. The first kappa shape index (κ1) is 21.6. The molecule has 1 fully saturated rings. The lowest BCUT2D eigenvalue weighted by atomic mass is 9.91. The van der Waals surface area contributed by atoms with E-state index >= 15 is 0 Å². The lowest BCUT2D eigenvalue weighted by Gasteiger charge is -2.29. The van der Waals surface area contributed by atoms with E-state index in [-0.39, 0.29) is 12.1 Å². The van der Waals surface area contributed by atoms with Crippen LogP contribution in [-0.2, 0) is 4.74 Å². The van der Waals surface area contributed by atoms with Gasteiger partial charge in [0.15, 0.2) is 11.5 Å². The van der Waals surface area contributed by atoms with Crippen molar-refractivity contribution in [1.82, 2.24) is 14.6 Å². The molecule has 0 aliphatic carbocycles. The van der Waals surface area contributed by atoms with Gasteiger partial charge in [-0.1, -0.05) is 44.2 Å².